The number of amides is 1. The molecule has 0 radical (unpaired) electrons. The molecule has 1 atom stereocenters. The van der Waals surface area contributed by atoms with Crippen LogP contribution in [0, 0.1) is 0 Å². The van der Waals surface area contributed by atoms with E-state index >= 15 is 0 Å². The van der Waals surface area contributed by atoms with E-state index in [-0.39, 0.29) is 16.3 Å². The molecule has 0 spiro atoms. The number of nitrogens with zero attached hydrogens (tertiary/aromatic N) is 1. The highest BCUT2D eigenvalue weighted by molar-refractivity contribution is 8.14. The fourth-order valence-electron chi connectivity index (χ4n) is 1.14. The van der Waals surface area contributed by atoms with Gasteiger partial charge in [-0.2, -0.15) is 0 Å². The van der Waals surface area contributed by atoms with Gasteiger partial charge >= 0.3 is 0 Å². The zero-order chi connectivity index (χ0) is 8.43. The van der Waals surface area contributed by atoms with Crippen molar-refractivity contribution in [3.05, 3.63) is 0 Å². The molecule has 0 unspecified atom stereocenters. The smallest absolute Gasteiger partial charge is 0.223 e. The van der Waals surface area contributed by atoms with E-state index in [0.717, 1.165) is 0 Å². The van der Waals surface area contributed by atoms with Crippen molar-refractivity contribution in [2.75, 3.05) is 13.6 Å². The number of thioether (sulfide) groups is 1. The minimum atomic E-state index is 0.0955. The summed E-state index contributed by atoms with van der Waals surface area (Å²) < 4.78 is 0. The van der Waals surface area contributed by atoms with Crippen molar-refractivity contribution in [3.8, 4) is 0 Å². The van der Waals surface area contributed by atoms with Crippen LogP contribution in [0.1, 0.15) is 13.3 Å². The molecule has 62 valence electrons. The van der Waals surface area contributed by atoms with E-state index in [2.05, 4.69) is 0 Å². The van der Waals surface area contributed by atoms with Gasteiger partial charge < -0.3 is 4.90 Å². The van der Waals surface area contributed by atoms with Crippen molar-refractivity contribution < 1.29 is 9.59 Å². The van der Waals surface area contributed by atoms with E-state index in [1.54, 1.807) is 11.9 Å². The number of hydrogen-bond acceptors (Lipinski definition) is 3. The topological polar surface area (TPSA) is 37.4 Å². The van der Waals surface area contributed by atoms with Gasteiger partial charge in [0.1, 0.15) is 0 Å². The van der Waals surface area contributed by atoms with Crippen LogP contribution in [0.4, 0.5) is 0 Å². The Bertz CT molecular complexity index is 191. The summed E-state index contributed by atoms with van der Waals surface area (Å²) in [6.45, 7) is 2.25. The molecule has 1 saturated heterocycles. The second kappa shape index (κ2) is 3.26. The van der Waals surface area contributed by atoms with Crippen LogP contribution in [-0.4, -0.2) is 34.8 Å². The third-order valence-corrected chi connectivity index (χ3v) is 2.62. The molecular weight excluding hydrogens is 162 g/mol. The van der Waals surface area contributed by atoms with Crippen LogP contribution in [0.25, 0.3) is 0 Å². The summed E-state index contributed by atoms with van der Waals surface area (Å²) >= 11 is 1.27. The first-order valence-corrected chi connectivity index (χ1v) is 4.38. The molecule has 1 rings (SSSR count). The molecule has 0 N–H and O–H groups in total. The Kier molecular flexibility index (Phi) is 2.54. The van der Waals surface area contributed by atoms with Gasteiger partial charge in [0.25, 0.3) is 0 Å². The van der Waals surface area contributed by atoms with E-state index in [0.29, 0.717) is 13.0 Å². The van der Waals surface area contributed by atoms with Gasteiger partial charge in [-0.05, 0) is 0 Å². The number of hydrogen-bond donors (Lipinski definition) is 0. The first kappa shape index (κ1) is 8.59. The standard InChI is InChI=1S/C7H11NO2S/c1-5(9)11-6-3-7(10)8(2)4-6/h6H,3-4H2,1-2H3/t6-/m0/s1. The van der Waals surface area contributed by atoms with Gasteiger partial charge in [0.15, 0.2) is 5.12 Å². The molecule has 0 aromatic rings. The molecule has 0 aromatic carbocycles. The third-order valence-electron chi connectivity index (χ3n) is 1.64. The summed E-state index contributed by atoms with van der Waals surface area (Å²) in [5.74, 6) is 0.142. The van der Waals surface area contributed by atoms with Crippen LogP contribution in [0.2, 0.25) is 0 Å². The largest absolute Gasteiger partial charge is 0.345 e. The predicted molar refractivity (Wildman–Crippen MR) is 44.3 cm³/mol. The molecule has 0 aromatic heterocycles. The molecular formula is C7H11NO2S. The van der Waals surface area contributed by atoms with E-state index in [4.69, 9.17) is 0 Å². The summed E-state index contributed by atoms with van der Waals surface area (Å²) in [6.07, 6.45) is 0.515. The average Bonchev–Trinajstić information content (AvgIpc) is 2.10. The summed E-state index contributed by atoms with van der Waals surface area (Å²) in [4.78, 5) is 23.3. The molecule has 3 nitrogen and oxygen atoms in total. The van der Waals surface area contributed by atoms with Gasteiger partial charge in [0, 0.05) is 32.2 Å². The average molecular weight is 173 g/mol. The maximum Gasteiger partial charge on any atom is 0.223 e. The highest BCUT2D eigenvalue weighted by Crippen LogP contribution is 2.22. The fourth-order valence-corrected chi connectivity index (χ4v) is 2.13. The van der Waals surface area contributed by atoms with E-state index in [1.165, 1.54) is 18.7 Å². The van der Waals surface area contributed by atoms with Crippen molar-refractivity contribution in [2.24, 2.45) is 0 Å². The fraction of sp³-hybridized carbons (Fsp3) is 0.714. The summed E-state index contributed by atoms with van der Waals surface area (Å²) in [5, 5.41) is 0.281. The SMILES string of the molecule is CC(=O)S[C@H]1CC(=O)N(C)C1. The zero-order valence-corrected chi connectivity index (χ0v) is 7.48. The Morgan fingerprint density at radius 3 is 2.73 bits per heavy atom. The van der Waals surface area contributed by atoms with Crippen molar-refractivity contribution in [1.29, 1.82) is 0 Å². The first-order valence-electron chi connectivity index (χ1n) is 3.51. The van der Waals surface area contributed by atoms with Gasteiger partial charge in [-0.15, -0.1) is 0 Å². The number of likely N-dealkylation sites (tertiary alicyclic amines) is 1. The van der Waals surface area contributed by atoms with E-state index in [1.807, 2.05) is 0 Å². The highest BCUT2D eigenvalue weighted by atomic mass is 32.2. The molecule has 0 saturated carbocycles. The summed E-state index contributed by atoms with van der Waals surface area (Å²) in [7, 11) is 1.77. The number of carbonyl (C=O) groups is 2. The second-order valence-corrected chi connectivity index (χ2v) is 4.19. The van der Waals surface area contributed by atoms with E-state index in [9.17, 15) is 9.59 Å². The Hall–Kier alpha value is -0.510. The lowest BCUT2D eigenvalue weighted by atomic mass is 10.4. The van der Waals surface area contributed by atoms with Gasteiger partial charge in [0.05, 0.1) is 0 Å². The molecule has 1 fully saturated rings. The lowest BCUT2D eigenvalue weighted by Crippen LogP contribution is -2.19. The van der Waals surface area contributed by atoms with Gasteiger partial charge in [-0.1, -0.05) is 11.8 Å². The van der Waals surface area contributed by atoms with Crippen LogP contribution < -0.4 is 0 Å². The minimum Gasteiger partial charge on any atom is -0.345 e. The molecule has 1 amide bonds. The maximum absolute atomic E-state index is 11.0. The van der Waals surface area contributed by atoms with Gasteiger partial charge in [-0.25, -0.2) is 0 Å². The molecule has 0 aliphatic carbocycles. The van der Waals surface area contributed by atoms with Crippen LogP contribution >= 0.6 is 11.8 Å². The number of rotatable bonds is 1. The monoisotopic (exact) mass is 173 g/mol. The van der Waals surface area contributed by atoms with Gasteiger partial charge in [0.2, 0.25) is 5.91 Å². The third kappa shape index (κ3) is 2.22. The van der Waals surface area contributed by atoms with Crippen LogP contribution in [0.3, 0.4) is 0 Å². The van der Waals surface area contributed by atoms with Gasteiger partial charge in [-0.3, -0.25) is 9.59 Å². The summed E-state index contributed by atoms with van der Waals surface area (Å²) in [6, 6.07) is 0. The van der Waals surface area contributed by atoms with Crippen molar-refractivity contribution in [1.82, 2.24) is 4.90 Å². The Morgan fingerprint density at radius 2 is 2.36 bits per heavy atom. The van der Waals surface area contributed by atoms with Crippen LogP contribution in [-0.2, 0) is 9.59 Å². The Morgan fingerprint density at radius 1 is 1.73 bits per heavy atom. The normalized spacial score (nSPS) is 24.4. The Labute approximate surface area is 70.1 Å². The first-order chi connectivity index (χ1) is 5.09. The van der Waals surface area contributed by atoms with Crippen molar-refractivity contribution >= 4 is 22.8 Å². The molecule has 1 aliphatic heterocycles. The minimum absolute atomic E-state index is 0.0955. The number of carbonyl (C=O) groups excluding carboxylic acids is 2. The predicted octanol–water partition coefficient (Wildman–Crippen LogP) is 0.497. The highest BCUT2D eigenvalue weighted by Gasteiger charge is 2.27. The maximum atomic E-state index is 11.0. The zero-order valence-electron chi connectivity index (χ0n) is 6.66. The molecule has 4 heteroatoms. The van der Waals surface area contributed by atoms with Crippen LogP contribution in [0.5, 0.6) is 0 Å². The van der Waals surface area contributed by atoms with Crippen molar-refractivity contribution in [2.45, 2.75) is 18.6 Å². The lowest BCUT2D eigenvalue weighted by Gasteiger charge is -2.07. The van der Waals surface area contributed by atoms with Crippen LogP contribution in [0.15, 0.2) is 0 Å². The van der Waals surface area contributed by atoms with E-state index < -0.39 is 0 Å². The second-order valence-electron chi connectivity index (χ2n) is 2.71. The Balaban J connectivity index is 2.41. The summed E-state index contributed by atoms with van der Waals surface area (Å²) in [5.41, 5.74) is 0. The lowest BCUT2D eigenvalue weighted by molar-refractivity contribution is -0.126. The molecule has 11 heavy (non-hydrogen) atoms. The quantitative estimate of drug-likeness (QED) is 0.579. The molecule has 1 heterocycles. The van der Waals surface area contributed by atoms with Crippen molar-refractivity contribution in [3.63, 3.8) is 0 Å². The molecule has 1 aliphatic rings. The molecule has 0 bridgehead atoms.